The number of carbonyl (C=O) groups is 1. The molecule has 0 aromatic heterocycles. The molecule has 1 aromatic carbocycles. The van der Waals surface area contributed by atoms with E-state index in [0.717, 1.165) is 49.5 Å². The Morgan fingerprint density at radius 1 is 0.941 bits per heavy atom. The van der Waals surface area contributed by atoms with Crippen molar-refractivity contribution in [3.8, 4) is 0 Å². The van der Waals surface area contributed by atoms with Crippen molar-refractivity contribution in [2.45, 2.75) is 117 Å². The second-order valence-corrected chi connectivity index (χ2v) is 12.6. The third-order valence-corrected chi connectivity index (χ3v) is 10.9. The number of hydrogen-bond donors (Lipinski definition) is 0. The average molecular weight is 467 g/mol. The van der Waals surface area contributed by atoms with Gasteiger partial charge in [-0.25, -0.2) is 0 Å². The van der Waals surface area contributed by atoms with E-state index in [1.54, 1.807) is 0 Å². The number of hydrogen-bond acceptors (Lipinski definition) is 3. The second-order valence-electron chi connectivity index (χ2n) is 12.6. The summed E-state index contributed by atoms with van der Waals surface area (Å²) in [6.07, 6.45) is 14.6. The van der Waals surface area contributed by atoms with Gasteiger partial charge in [-0.3, -0.25) is 4.79 Å². The molecular formula is C31H46O3. The van der Waals surface area contributed by atoms with Crippen LogP contribution in [0.4, 0.5) is 0 Å². The van der Waals surface area contributed by atoms with Gasteiger partial charge in [0.1, 0.15) is 6.10 Å². The maximum Gasteiger partial charge on any atom is 0.306 e. The van der Waals surface area contributed by atoms with Crippen LogP contribution in [0.25, 0.3) is 0 Å². The molecule has 0 aliphatic heterocycles. The fourth-order valence-electron chi connectivity index (χ4n) is 8.84. The molecule has 0 heterocycles. The summed E-state index contributed by atoms with van der Waals surface area (Å²) in [7, 11) is 0. The third-order valence-electron chi connectivity index (χ3n) is 10.9. The van der Waals surface area contributed by atoms with Gasteiger partial charge in [0.15, 0.2) is 0 Å². The van der Waals surface area contributed by atoms with Crippen molar-refractivity contribution in [2.24, 2.45) is 34.5 Å². The first kappa shape index (κ1) is 24.3. The number of ether oxygens (including phenoxy) is 2. The van der Waals surface area contributed by atoms with E-state index >= 15 is 0 Å². The summed E-state index contributed by atoms with van der Waals surface area (Å²) < 4.78 is 12.5. The van der Waals surface area contributed by atoms with Crippen LogP contribution in [0.2, 0.25) is 0 Å². The Hall–Kier alpha value is -1.35. The van der Waals surface area contributed by atoms with E-state index in [1.165, 1.54) is 56.9 Å². The highest BCUT2D eigenvalue weighted by Gasteiger charge is 2.61. The fraction of sp³-hybridized carbons (Fsp3) is 0.774. The van der Waals surface area contributed by atoms with Gasteiger partial charge < -0.3 is 9.47 Å². The highest BCUT2D eigenvalue weighted by atomic mass is 16.5. The molecule has 34 heavy (non-hydrogen) atoms. The molecular weight excluding hydrogens is 420 g/mol. The quantitative estimate of drug-likeness (QED) is 0.386. The Labute approximate surface area is 207 Å². The number of esters is 1. The summed E-state index contributed by atoms with van der Waals surface area (Å²) in [6, 6.07) is 10.6. The minimum absolute atomic E-state index is 0.0420. The highest BCUT2D eigenvalue weighted by molar-refractivity contribution is 5.69. The molecule has 5 rings (SSSR count). The van der Waals surface area contributed by atoms with Crippen molar-refractivity contribution in [1.29, 1.82) is 0 Å². The van der Waals surface area contributed by atoms with Gasteiger partial charge in [0.05, 0.1) is 12.7 Å². The van der Waals surface area contributed by atoms with Crippen LogP contribution in [0.15, 0.2) is 30.3 Å². The molecule has 4 fully saturated rings. The summed E-state index contributed by atoms with van der Waals surface area (Å²) in [5.41, 5.74) is 1.95. The normalized spacial score (nSPS) is 41.3. The van der Waals surface area contributed by atoms with E-state index in [9.17, 15) is 4.79 Å². The van der Waals surface area contributed by atoms with Crippen LogP contribution in [-0.4, -0.2) is 18.2 Å². The lowest BCUT2D eigenvalue weighted by Crippen LogP contribution is -2.54. The second kappa shape index (κ2) is 9.96. The Kier molecular flexibility index (Phi) is 7.13. The van der Waals surface area contributed by atoms with Gasteiger partial charge in [-0.05, 0) is 98.9 Å². The molecule has 3 nitrogen and oxygen atoms in total. The van der Waals surface area contributed by atoms with Crippen molar-refractivity contribution in [3.63, 3.8) is 0 Å². The Morgan fingerprint density at radius 3 is 2.50 bits per heavy atom. The van der Waals surface area contributed by atoms with E-state index in [4.69, 9.17) is 9.47 Å². The van der Waals surface area contributed by atoms with Gasteiger partial charge in [-0.2, -0.15) is 0 Å². The molecule has 0 bridgehead atoms. The first-order valence-corrected chi connectivity index (χ1v) is 14.3. The molecule has 0 radical (unpaired) electrons. The molecule has 1 aromatic rings. The number of unbranched alkanes of at least 4 members (excludes halogenated alkanes) is 1. The van der Waals surface area contributed by atoms with E-state index in [0.29, 0.717) is 17.9 Å². The first-order valence-electron chi connectivity index (χ1n) is 14.3. The van der Waals surface area contributed by atoms with Crippen LogP contribution >= 0.6 is 0 Å². The van der Waals surface area contributed by atoms with Crippen molar-refractivity contribution in [1.82, 2.24) is 0 Å². The van der Waals surface area contributed by atoms with Crippen LogP contribution in [0, 0.1) is 34.5 Å². The molecule has 0 N–H and O–H groups in total. The summed E-state index contributed by atoms with van der Waals surface area (Å²) in [5.74, 6) is 3.24. The molecule has 0 spiro atoms. The Morgan fingerprint density at radius 2 is 1.71 bits per heavy atom. The predicted octanol–water partition coefficient (Wildman–Crippen LogP) is 7.72. The van der Waals surface area contributed by atoms with Crippen LogP contribution in [0.5, 0.6) is 0 Å². The predicted molar refractivity (Wildman–Crippen MR) is 136 cm³/mol. The Balaban J connectivity index is 1.21. The van der Waals surface area contributed by atoms with Crippen LogP contribution < -0.4 is 0 Å². The highest BCUT2D eigenvalue weighted by Crippen LogP contribution is 2.66. The van der Waals surface area contributed by atoms with Gasteiger partial charge in [0, 0.05) is 11.8 Å². The molecule has 4 aliphatic rings. The van der Waals surface area contributed by atoms with Crippen molar-refractivity contribution < 1.29 is 14.3 Å². The number of carbonyl (C=O) groups excluding carboxylic acids is 1. The summed E-state index contributed by atoms with van der Waals surface area (Å²) in [6.45, 7) is 7.98. The zero-order valence-corrected chi connectivity index (χ0v) is 21.8. The lowest BCUT2D eigenvalue weighted by atomic mass is 9.45. The van der Waals surface area contributed by atoms with Gasteiger partial charge >= 0.3 is 5.97 Å². The number of rotatable bonds is 7. The van der Waals surface area contributed by atoms with Gasteiger partial charge in [0.25, 0.3) is 0 Å². The molecule has 4 saturated carbocycles. The first-order chi connectivity index (χ1) is 16.4. The van der Waals surface area contributed by atoms with E-state index in [-0.39, 0.29) is 17.5 Å². The number of fused-ring (bicyclic) bond motifs is 5. The smallest absolute Gasteiger partial charge is 0.306 e. The monoisotopic (exact) mass is 466 g/mol. The molecule has 3 heteroatoms. The largest absolute Gasteiger partial charge is 0.462 e. The van der Waals surface area contributed by atoms with Crippen LogP contribution in [0.1, 0.15) is 103 Å². The minimum atomic E-state index is 0.0420. The standard InChI is InChI=1S/C31H46O3/c1-4-5-11-29(32)34-28-15-14-26-25-13-12-23-20-24(33-21-22-9-7-6-8-10-22)16-18-30(23,2)27(25)17-19-31(26,28)3/h6-10,23-28H,4-5,11-21H2,1-3H3. The topological polar surface area (TPSA) is 35.5 Å². The van der Waals surface area contributed by atoms with Gasteiger partial charge in [-0.1, -0.05) is 57.5 Å². The zero-order chi connectivity index (χ0) is 23.8. The van der Waals surface area contributed by atoms with Crippen molar-refractivity contribution >= 4 is 5.97 Å². The maximum atomic E-state index is 12.4. The van der Waals surface area contributed by atoms with Crippen molar-refractivity contribution in [2.75, 3.05) is 0 Å². The Bertz CT molecular complexity index is 836. The summed E-state index contributed by atoms with van der Waals surface area (Å²) in [5, 5.41) is 0. The van der Waals surface area contributed by atoms with Crippen LogP contribution in [-0.2, 0) is 20.9 Å². The minimum Gasteiger partial charge on any atom is -0.462 e. The molecule has 188 valence electrons. The van der Waals surface area contributed by atoms with Crippen molar-refractivity contribution in [3.05, 3.63) is 35.9 Å². The van der Waals surface area contributed by atoms with Gasteiger partial charge in [-0.15, -0.1) is 0 Å². The van der Waals surface area contributed by atoms with E-state index in [1.807, 2.05) is 0 Å². The number of benzene rings is 1. The summed E-state index contributed by atoms with van der Waals surface area (Å²) in [4.78, 5) is 12.4. The maximum absolute atomic E-state index is 12.4. The molecule has 0 amide bonds. The lowest BCUT2D eigenvalue weighted by molar-refractivity contribution is -0.166. The molecule has 8 unspecified atom stereocenters. The third kappa shape index (κ3) is 4.47. The van der Waals surface area contributed by atoms with Gasteiger partial charge in [0.2, 0.25) is 0 Å². The zero-order valence-electron chi connectivity index (χ0n) is 21.8. The van der Waals surface area contributed by atoms with Crippen LogP contribution in [0.3, 0.4) is 0 Å². The molecule has 0 saturated heterocycles. The molecule has 8 atom stereocenters. The summed E-state index contributed by atoms with van der Waals surface area (Å²) >= 11 is 0. The van der Waals surface area contributed by atoms with E-state index in [2.05, 4.69) is 51.1 Å². The lowest BCUT2D eigenvalue weighted by Gasteiger charge is -2.60. The SMILES string of the molecule is CCCCC(=O)OC1CCC2C3CCC4CC(OCc5ccccc5)CCC4(C)C3CCC12C. The average Bonchev–Trinajstić information content (AvgIpc) is 3.18. The van der Waals surface area contributed by atoms with E-state index < -0.39 is 0 Å². The fourth-order valence-corrected chi connectivity index (χ4v) is 8.84. The molecule has 4 aliphatic carbocycles.